The van der Waals surface area contributed by atoms with Gasteiger partial charge in [-0.3, -0.25) is 9.59 Å². The van der Waals surface area contributed by atoms with Crippen molar-refractivity contribution in [1.29, 1.82) is 10.5 Å². The molecular weight excluding hydrogens is 482 g/mol. The van der Waals surface area contributed by atoms with Gasteiger partial charge in [0.1, 0.15) is 6.04 Å². The highest BCUT2D eigenvalue weighted by atomic mass is 16.6. The maximum absolute atomic E-state index is 13.4. The van der Waals surface area contributed by atoms with Crippen LogP contribution in [0.4, 0.5) is 0 Å². The largest absolute Gasteiger partial charge is 0.356 e. The number of aromatic amines is 1. The number of fused-ring (bicyclic) bond motifs is 5. The van der Waals surface area contributed by atoms with E-state index in [-0.39, 0.29) is 29.8 Å². The van der Waals surface area contributed by atoms with Crippen LogP contribution in [0.2, 0.25) is 0 Å². The number of benzene rings is 2. The molecular formula is C29H31N5O4. The van der Waals surface area contributed by atoms with E-state index in [0.29, 0.717) is 21.9 Å². The summed E-state index contributed by atoms with van der Waals surface area (Å²) in [6, 6.07) is 13.5. The van der Waals surface area contributed by atoms with Gasteiger partial charge in [0.15, 0.2) is 0 Å². The van der Waals surface area contributed by atoms with Gasteiger partial charge in [-0.05, 0) is 81.2 Å². The Labute approximate surface area is 220 Å². The van der Waals surface area contributed by atoms with Gasteiger partial charge in [-0.15, -0.1) is 0 Å². The third-order valence-corrected chi connectivity index (χ3v) is 7.55. The summed E-state index contributed by atoms with van der Waals surface area (Å²) in [6.07, 6.45) is 1.62. The molecule has 3 N–H and O–H groups in total. The number of nitrogens with zero attached hydrogens (tertiary/aromatic N) is 3. The molecule has 2 fully saturated rings. The number of likely N-dealkylation sites (tertiary alicyclic amines) is 1. The number of rotatable bonds is 6. The number of carbonyl (C=O) groups excluding carboxylic acids is 1. The van der Waals surface area contributed by atoms with E-state index in [2.05, 4.69) is 22.4 Å². The highest BCUT2D eigenvalue weighted by Crippen LogP contribution is 2.44. The topological polar surface area (TPSA) is 142 Å². The minimum absolute atomic E-state index is 0.0669. The van der Waals surface area contributed by atoms with Gasteiger partial charge in [0, 0.05) is 28.8 Å². The Morgan fingerprint density at radius 1 is 1.18 bits per heavy atom. The van der Waals surface area contributed by atoms with Crippen molar-refractivity contribution in [3.05, 3.63) is 57.9 Å². The van der Waals surface area contributed by atoms with Gasteiger partial charge in [-0.25, -0.2) is 4.90 Å². The molecule has 1 amide bonds. The number of pyridine rings is 1. The fraction of sp³-hybridized carbons (Fsp3) is 0.448. The molecule has 1 saturated heterocycles. The summed E-state index contributed by atoms with van der Waals surface area (Å²) in [7, 11) is 0. The first-order chi connectivity index (χ1) is 18.1. The number of amides is 1. The van der Waals surface area contributed by atoms with E-state index >= 15 is 0 Å². The van der Waals surface area contributed by atoms with Gasteiger partial charge in [-0.2, -0.15) is 10.5 Å². The van der Waals surface area contributed by atoms with E-state index in [0.717, 1.165) is 30.2 Å². The normalized spacial score (nSPS) is 22.7. The highest BCUT2D eigenvalue weighted by Gasteiger charge is 2.52. The molecule has 2 unspecified atom stereocenters. The van der Waals surface area contributed by atoms with Crippen LogP contribution in [0.25, 0.3) is 21.7 Å². The van der Waals surface area contributed by atoms with Gasteiger partial charge in [0.2, 0.25) is 12.3 Å². The number of nitrogens with one attached hydrogen (secondary N) is 2. The monoisotopic (exact) mass is 513 g/mol. The first-order valence-electron chi connectivity index (χ1n) is 12.9. The Morgan fingerprint density at radius 3 is 2.68 bits per heavy atom. The highest BCUT2D eigenvalue weighted by molar-refractivity contribution is 6.05. The first-order valence-corrected chi connectivity index (χ1v) is 12.9. The lowest BCUT2D eigenvalue weighted by atomic mass is 9.96. The number of aliphatic hydroxyl groups excluding tert-OH is 1. The predicted molar refractivity (Wildman–Crippen MR) is 142 cm³/mol. The summed E-state index contributed by atoms with van der Waals surface area (Å²) >= 11 is 0. The van der Waals surface area contributed by atoms with Crippen LogP contribution >= 0.6 is 0 Å². The Kier molecular flexibility index (Phi) is 6.70. The molecule has 2 bridgehead atoms. The van der Waals surface area contributed by atoms with Crippen LogP contribution in [-0.4, -0.2) is 51.0 Å². The molecule has 38 heavy (non-hydrogen) atoms. The molecule has 3 aromatic rings. The number of hydrogen-bond donors (Lipinski definition) is 3. The van der Waals surface area contributed by atoms with Crippen molar-refractivity contribution in [2.24, 2.45) is 5.92 Å². The zero-order valence-electron chi connectivity index (χ0n) is 21.7. The van der Waals surface area contributed by atoms with Gasteiger partial charge < -0.3 is 20.1 Å². The van der Waals surface area contributed by atoms with Crippen LogP contribution in [0.15, 0.2) is 41.2 Å². The van der Waals surface area contributed by atoms with E-state index in [9.17, 15) is 25.2 Å². The zero-order valence-corrected chi connectivity index (χ0v) is 21.7. The fourth-order valence-corrected chi connectivity index (χ4v) is 5.96. The van der Waals surface area contributed by atoms with E-state index in [1.807, 2.05) is 32.9 Å². The van der Waals surface area contributed by atoms with Crippen molar-refractivity contribution in [2.75, 3.05) is 0 Å². The van der Waals surface area contributed by atoms with Crippen LogP contribution in [0.1, 0.15) is 51.2 Å². The number of carbonyl (C=O) groups is 1. The molecule has 0 spiro atoms. The van der Waals surface area contributed by atoms with Crippen molar-refractivity contribution in [3.63, 3.8) is 0 Å². The minimum atomic E-state index is -1.20. The predicted octanol–water partition coefficient (Wildman–Crippen LogP) is 3.05. The second kappa shape index (κ2) is 9.85. The third kappa shape index (κ3) is 4.89. The van der Waals surface area contributed by atoms with E-state index < -0.39 is 24.1 Å². The molecule has 1 aliphatic carbocycles. The number of ether oxygens (including phenoxy) is 1. The lowest BCUT2D eigenvalue weighted by Gasteiger charge is -2.39. The Morgan fingerprint density at radius 2 is 1.97 bits per heavy atom. The van der Waals surface area contributed by atoms with Crippen molar-refractivity contribution in [3.8, 4) is 12.1 Å². The number of aromatic nitrogens is 1. The molecule has 5 atom stereocenters. The van der Waals surface area contributed by atoms with E-state index in [1.165, 1.54) is 0 Å². The fourth-order valence-electron chi connectivity index (χ4n) is 5.96. The summed E-state index contributed by atoms with van der Waals surface area (Å²) in [5.74, 6) is -0.197. The van der Waals surface area contributed by atoms with Crippen molar-refractivity contribution in [2.45, 2.75) is 76.6 Å². The third-order valence-electron chi connectivity index (χ3n) is 7.55. The summed E-state index contributed by atoms with van der Waals surface area (Å²) in [6.45, 7) is 5.56. The maximum Gasteiger partial charge on any atom is 0.256 e. The molecule has 1 aliphatic heterocycles. The lowest BCUT2D eigenvalue weighted by Crippen LogP contribution is -2.57. The van der Waals surface area contributed by atoms with Crippen LogP contribution in [-0.2, 0) is 16.0 Å². The molecule has 2 aromatic carbocycles. The molecule has 5 rings (SSSR count). The minimum Gasteiger partial charge on any atom is -0.356 e. The molecule has 1 aromatic heterocycles. The van der Waals surface area contributed by atoms with Gasteiger partial charge in [0.25, 0.3) is 5.56 Å². The summed E-state index contributed by atoms with van der Waals surface area (Å²) in [4.78, 5) is 30.8. The average Bonchev–Trinajstić information content (AvgIpc) is 3.49. The van der Waals surface area contributed by atoms with Gasteiger partial charge in [-0.1, -0.05) is 12.1 Å². The molecule has 1 saturated carbocycles. The van der Waals surface area contributed by atoms with Gasteiger partial charge in [0.05, 0.1) is 29.3 Å². The Bertz CT molecular complexity index is 1540. The number of piperidine rings is 1. The molecule has 0 radical (unpaired) electrons. The van der Waals surface area contributed by atoms with Crippen LogP contribution in [0.5, 0.6) is 0 Å². The smallest absolute Gasteiger partial charge is 0.256 e. The zero-order chi connectivity index (χ0) is 27.2. The Balaban J connectivity index is 1.36. The Hall–Kier alpha value is -3.76. The van der Waals surface area contributed by atoms with Crippen molar-refractivity contribution in [1.82, 2.24) is 15.2 Å². The first kappa shape index (κ1) is 25.9. The van der Waals surface area contributed by atoms with Crippen molar-refractivity contribution >= 4 is 27.6 Å². The van der Waals surface area contributed by atoms with Gasteiger partial charge >= 0.3 is 0 Å². The number of hydrogen-bond acceptors (Lipinski definition) is 7. The molecule has 9 heteroatoms. The number of nitriles is 2. The lowest BCUT2D eigenvalue weighted by molar-refractivity contribution is -0.254. The molecule has 2 aliphatic rings. The van der Waals surface area contributed by atoms with Crippen LogP contribution in [0, 0.1) is 28.6 Å². The second-order valence-corrected chi connectivity index (χ2v) is 11.3. The summed E-state index contributed by atoms with van der Waals surface area (Å²) in [5, 5.41) is 34.7. The number of H-pyrrole nitrogens is 1. The van der Waals surface area contributed by atoms with E-state index in [1.54, 1.807) is 29.2 Å². The second-order valence-electron chi connectivity index (χ2n) is 11.3. The standard InChI is InChI=1S/C29H31N5O4/c1-29(2,3)38-28(37)34-20-7-6-18(13-20)25(34)27(36)32-19(15-31)10-16-4-8-21-22-12-17(14-30)5-9-24(22)33-26(35)23(21)11-16/h4-5,8-9,11-12,18-20,25,28,37H,6-7,10,13H2,1-3H3,(H,32,36)(H,33,35)/t18-,19?,20+,25-,28?/m0/s1. The SMILES string of the molecule is CC(C)(C)OC(O)N1[C@@H]2CC[C@@H](C2)[C@H]1C(=O)NC(C#N)Cc1ccc2c(c1)c(=O)[nH]c1ccc(C#N)cc12. The maximum atomic E-state index is 13.4. The molecule has 9 nitrogen and oxygen atoms in total. The van der Waals surface area contributed by atoms with Crippen molar-refractivity contribution < 1.29 is 14.6 Å². The molecule has 196 valence electrons. The summed E-state index contributed by atoms with van der Waals surface area (Å²) in [5.41, 5.74) is 1.03. The molecule has 2 heterocycles. The quantitative estimate of drug-likeness (QED) is 0.340. The number of aliphatic hydroxyl groups is 1. The summed E-state index contributed by atoms with van der Waals surface area (Å²) < 4.78 is 5.76. The van der Waals surface area contributed by atoms with E-state index in [4.69, 9.17) is 4.74 Å². The average molecular weight is 514 g/mol. The van der Waals surface area contributed by atoms with Crippen LogP contribution in [0.3, 0.4) is 0 Å². The van der Waals surface area contributed by atoms with Crippen LogP contribution < -0.4 is 10.9 Å².